The Morgan fingerprint density at radius 3 is 2.37 bits per heavy atom. The van der Waals surface area contributed by atoms with Crippen LogP contribution >= 0.6 is 0 Å². The number of hydrogen-bond acceptors (Lipinski definition) is 5. The van der Waals surface area contributed by atoms with Gasteiger partial charge in [-0.15, -0.1) is 0 Å². The fourth-order valence-electron chi connectivity index (χ4n) is 1.38. The maximum atomic E-state index is 12.0. The summed E-state index contributed by atoms with van der Waals surface area (Å²) in [5.41, 5.74) is -5.75. The van der Waals surface area contributed by atoms with Crippen LogP contribution < -0.4 is 4.72 Å². The fraction of sp³-hybridized carbons (Fsp3) is 0.889. The lowest BCUT2D eigenvalue weighted by atomic mass is 9.84. The van der Waals surface area contributed by atoms with Gasteiger partial charge in [0.1, 0.15) is 6.61 Å². The van der Waals surface area contributed by atoms with E-state index in [1.165, 1.54) is 0 Å². The molecule has 1 fully saturated rings. The van der Waals surface area contributed by atoms with Gasteiger partial charge >= 0.3 is 15.5 Å². The molecule has 0 saturated carbocycles. The van der Waals surface area contributed by atoms with Crippen molar-refractivity contribution < 1.29 is 35.9 Å². The zero-order valence-corrected chi connectivity index (χ0v) is 10.9. The van der Waals surface area contributed by atoms with E-state index >= 15 is 0 Å². The first-order valence-corrected chi connectivity index (χ1v) is 6.88. The number of rotatable bonds is 6. The van der Waals surface area contributed by atoms with Crippen molar-refractivity contribution in [2.45, 2.75) is 18.9 Å². The first-order chi connectivity index (χ1) is 8.62. The van der Waals surface area contributed by atoms with Crippen molar-refractivity contribution >= 4 is 15.9 Å². The van der Waals surface area contributed by atoms with Gasteiger partial charge in [0.05, 0.1) is 19.8 Å². The molecule has 0 aromatic rings. The van der Waals surface area contributed by atoms with E-state index in [0.717, 1.165) is 11.1 Å². The van der Waals surface area contributed by atoms with Gasteiger partial charge in [-0.05, 0) is 6.42 Å². The molecule has 1 saturated heterocycles. The predicted molar refractivity (Wildman–Crippen MR) is 57.5 cm³/mol. The van der Waals surface area contributed by atoms with Crippen LogP contribution in [-0.2, 0) is 24.3 Å². The third-order valence-electron chi connectivity index (χ3n) is 2.76. The van der Waals surface area contributed by atoms with Crippen LogP contribution in [-0.4, -0.2) is 46.3 Å². The molecule has 0 atom stereocenters. The number of amides is 1. The zero-order valence-electron chi connectivity index (χ0n) is 10.1. The van der Waals surface area contributed by atoms with Gasteiger partial charge < -0.3 is 9.47 Å². The molecule has 0 bridgehead atoms. The molecule has 0 aliphatic carbocycles. The van der Waals surface area contributed by atoms with Gasteiger partial charge in [-0.3, -0.25) is 4.79 Å². The average Bonchev–Trinajstić information content (AvgIpc) is 2.19. The van der Waals surface area contributed by atoms with E-state index in [0.29, 0.717) is 13.2 Å². The van der Waals surface area contributed by atoms with Crippen molar-refractivity contribution in [2.75, 3.05) is 26.4 Å². The van der Waals surface area contributed by atoms with Gasteiger partial charge in [0.15, 0.2) is 0 Å². The van der Waals surface area contributed by atoms with Crippen molar-refractivity contribution in [2.24, 2.45) is 5.41 Å². The Morgan fingerprint density at radius 1 is 1.42 bits per heavy atom. The van der Waals surface area contributed by atoms with Gasteiger partial charge in [0.25, 0.3) is 5.91 Å². The minimum atomic E-state index is -5.66. The maximum absolute atomic E-state index is 12.0. The number of ether oxygens (including phenoxy) is 2. The highest BCUT2D eigenvalue weighted by atomic mass is 32.2. The fourth-order valence-corrected chi connectivity index (χ4v) is 1.85. The zero-order chi connectivity index (χ0) is 14.7. The van der Waals surface area contributed by atoms with Gasteiger partial charge in [0, 0.05) is 5.41 Å². The summed E-state index contributed by atoms with van der Waals surface area (Å²) in [6.45, 7) is 2.16. The van der Waals surface area contributed by atoms with Crippen LogP contribution in [0.15, 0.2) is 0 Å². The molecule has 112 valence electrons. The smallest absolute Gasteiger partial charge is 0.380 e. The van der Waals surface area contributed by atoms with E-state index in [9.17, 15) is 26.4 Å². The molecule has 1 heterocycles. The topological polar surface area (TPSA) is 81.7 Å². The molecule has 0 aromatic heterocycles. The van der Waals surface area contributed by atoms with Crippen molar-refractivity contribution in [3.8, 4) is 0 Å². The molecule has 1 N–H and O–H groups in total. The minimum absolute atomic E-state index is 0.128. The SMILES string of the molecule is CCC1(COCC(=O)NS(=O)(=O)C(F)(F)F)COC1. The summed E-state index contributed by atoms with van der Waals surface area (Å²) in [5.74, 6) is -1.36. The monoisotopic (exact) mass is 305 g/mol. The molecular formula is C9H14F3NO5S. The molecule has 1 aliphatic heterocycles. The molecule has 0 aromatic carbocycles. The van der Waals surface area contributed by atoms with E-state index in [-0.39, 0.29) is 12.0 Å². The number of sulfonamides is 1. The van der Waals surface area contributed by atoms with E-state index in [1.807, 2.05) is 6.92 Å². The molecule has 0 radical (unpaired) electrons. The van der Waals surface area contributed by atoms with Crippen LogP contribution in [0, 0.1) is 5.41 Å². The maximum Gasteiger partial charge on any atom is 0.516 e. The van der Waals surface area contributed by atoms with Gasteiger partial charge in [-0.1, -0.05) is 6.92 Å². The lowest BCUT2D eigenvalue weighted by Crippen LogP contribution is -2.47. The average molecular weight is 305 g/mol. The van der Waals surface area contributed by atoms with Crippen LogP contribution in [0.25, 0.3) is 0 Å². The molecule has 10 heteroatoms. The van der Waals surface area contributed by atoms with Crippen molar-refractivity contribution in [3.05, 3.63) is 0 Å². The van der Waals surface area contributed by atoms with Crippen LogP contribution in [0.2, 0.25) is 0 Å². The van der Waals surface area contributed by atoms with Crippen LogP contribution in [0.3, 0.4) is 0 Å². The number of carbonyl (C=O) groups excluding carboxylic acids is 1. The summed E-state index contributed by atoms with van der Waals surface area (Å²) in [6, 6.07) is 0. The second-order valence-electron chi connectivity index (χ2n) is 4.31. The lowest BCUT2D eigenvalue weighted by molar-refractivity contribution is -0.155. The van der Waals surface area contributed by atoms with Crippen molar-refractivity contribution in [3.63, 3.8) is 0 Å². The van der Waals surface area contributed by atoms with Gasteiger partial charge in [-0.2, -0.15) is 21.6 Å². The summed E-state index contributed by atoms with van der Waals surface area (Å²) in [7, 11) is -5.66. The Hall–Kier alpha value is -0.870. The highest BCUT2D eigenvalue weighted by Gasteiger charge is 2.47. The molecule has 1 aliphatic rings. The number of hydrogen-bond donors (Lipinski definition) is 1. The highest BCUT2D eigenvalue weighted by Crippen LogP contribution is 2.31. The largest absolute Gasteiger partial charge is 0.516 e. The Labute approximate surface area is 108 Å². The molecule has 1 rings (SSSR count). The number of nitrogens with one attached hydrogen (secondary N) is 1. The molecular weight excluding hydrogens is 291 g/mol. The number of alkyl halides is 3. The minimum Gasteiger partial charge on any atom is -0.380 e. The van der Waals surface area contributed by atoms with E-state index < -0.39 is 28.0 Å². The summed E-state index contributed by atoms with van der Waals surface area (Å²) < 4.78 is 67.9. The normalized spacial score (nSPS) is 18.7. The van der Waals surface area contributed by atoms with Crippen LogP contribution in [0.5, 0.6) is 0 Å². The van der Waals surface area contributed by atoms with Crippen LogP contribution in [0.4, 0.5) is 13.2 Å². The third kappa shape index (κ3) is 4.05. The summed E-state index contributed by atoms with van der Waals surface area (Å²) >= 11 is 0. The van der Waals surface area contributed by atoms with Gasteiger partial charge in [0.2, 0.25) is 0 Å². The first-order valence-electron chi connectivity index (χ1n) is 5.39. The summed E-state index contributed by atoms with van der Waals surface area (Å²) in [5, 5.41) is 0. The first kappa shape index (κ1) is 16.2. The van der Waals surface area contributed by atoms with E-state index in [2.05, 4.69) is 0 Å². The van der Waals surface area contributed by atoms with E-state index in [4.69, 9.17) is 9.47 Å². The third-order valence-corrected chi connectivity index (χ3v) is 3.87. The van der Waals surface area contributed by atoms with Gasteiger partial charge in [-0.25, -0.2) is 4.72 Å². The predicted octanol–water partition coefficient (Wildman–Crippen LogP) is 0.395. The number of halogens is 3. The van der Waals surface area contributed by atoms with E-state index in [1.54, 1.807) is 0 Å². The molecule has 19 heavy (non-hydrogen) atoms. The second kappa shape index (κ2) is 5.63. The molecule has 0 spiro atoms. The Balaban J connectivity index is 2.37. The highest BCUT2D eigenvalue weighted by molar-refractivity contribution is 7.90. The van der Waals surface area contributed by atoms with Crippen molar-refractivity contribution in [1.29, 1.82) is 0 Å². The van der Waals surface area contributed by atoms with Crippen LogP contribution in [0.1, 0.15) is 13.3 Å². The summed E-state index contributed by atoms with van der Waals surface area (Å²) in [6.07, 6.45) is 0.732. The standard InChI is InChI=1S/C9H14F3NO5S/c1-2-8(5-18-6-8)4-17-3-7(14)13-19(15,16)9(10,11)12/h2-6H2,1H3,(H,13,14). The second-order valence-corrected chi connectivity index (χ2v) is 5.99. The molecule has 1 amide bonds. The Morgan fingerprint density at radius 2 is 2.00 bits per heavy atom. The van der Waals surface area contributed by atoms with Crippen molar-refractivity contribution in [1.82, 2.24) is 4.72 Å². The molecule has 0 unspecified atom stereocenters. The Bertz CT molecular complexity index is 424. The lowest BCUT2D eigenvalue weighted by Gasteiger charge is -2.40. The number of carbonyl (C=O) groups is 1. The Kier molecular flexibility index (Phi) is 4.80. The molecule has 6 nitrogen and oxygen atoms in total. The summed E-state index contributed by atoms with van der Waals surface area (Å²) in [4.78, 5) is 11.0. The quantitative estimate of drug-likeness (QED) is 0.768.